The number of halogens is 3. The van der Waals surface area contributed by atoms with Crippen LogP contribution in [0.15, 0.2) is 42.5 Å². The number of carbonyl (C=O) groups is 1. The van der Waals surface area contributed by atoms with Crippen LogP contribution >= 0.6 is 0 Å². The summed E-state index contributed by atoms with van der Waals surface area (Å²) in [5.41, 5.74) is 2.27. The number of benzene rings is 2. The van der Waals surface area contributed by atoms with Gasteiger partial charge >= 0.3 is 12.3 Å². The monoisotopic (exact) mass is 389 g/mol. The first kappa shape index (κ1) is 18.3. The first-order valence-electron chi connectivity index (χ1n) is 8.92. The van der Waals surface area contributed by atoms with Crippen molar-refractivity contribution in [3.63, 3.8) is 0 Å². The molecular formula is C20H18F3N3O2. The number of anilines is 1. The van der Waals surface area contributed by atoms with Gasteiger partial charge in [-0.15, -0.1) is 0 Å². The molecule has 1 amide bonds. The summed E-state index contributed by atoms with van der Waals surface area (Å²) in [6.45, 7) is 1.82. The van der Waals surface area contributed by atoms with Crippen LogP contribution in [0.1, 0.15) is 30.3 Å². The van der Waals surface area contributed by atoms with Gasteiger partial charge in [-0.2, -0.15) is 13.2 Å². The topological polar surface area (TPSA) is 58.4 Å². The largest absolute Gasteiger partial charge is 0.465 e. The molecule has 146 valence electrons. The SMILES string of the molecule is CC1CCc2c(ccc3c2nc(C(F)(F)F)n3Cc2ccccc2)N1C(=O)O. The molecule has 2 aromatic carbocycles. The second-order valence-electron chi connectivity index (χ2n) is 6.98. The lowest BCUT2D eigenvalue weighted by Gasteiger charge is -2.33. The summed E-state index contributed by atoms with van der Waals surface area (Å²) >= 11 is 0. The van der Waals surface area contributed by atoms with Crippen LogP contribution < -0.4 is 4.90 Å². The van der Waals surface area contributed by atoms with Gasteiger partial charge in [0.1, 0.15) is 0 Å². The quantitative estimate of drug-likeness (QED) is 0.677. The molecule has 0 spiro atoms. The second kappa shape index (κ2) is 6.54. The van der Waals surface area contributed by atoms with Crippen molar-refractivity contribution in [2.24, 2.45) is 0 Å². The van der Waals surface area contributed by atoms with Gasteiger partial charge in [0.2, 0.25) is 5.82 Å². The Morgan fingerprint density at radius 2 is 1.93 bits per heavy atom. The predicted octanol–water partition coefficient (Wildman–Crippen LogP) is 4.92. The molecule has 0 radical (unpaired) electrons. The van der Waals surface area contributed by atoms with E-state index in [-0.39, 0.29) is 18.1 Å². The Bertz CT molecular complexity index is 1040. The molecule has 1 unspecified atom stereocenters. The first-order valence-corrected chi connectivity index (χ1v) is 8.92. The van der Waals surface area contributed by atoms with E-state index in [1.165, 1.54) is 11.0 Å². The van der Waals surface area contributed by atoms with E-state index < -0.39 is 18.1 Å². The zero-order valence-corrected chi connectivity index (χ0v) is 15.1. The summed E-state index contributed by atoms with van der Waals surface area (Å²) in [5, 5.41) is 9.53. The summed E-state index contributed by atoms with van der Waals surface area (Å²) in [4.78, 5) is 16.8. The molecule has 0 fully saturated rings. The second-order valence-corrected chi connectivity index (χ2v) is 6.98. The summed E-state index contributed by atoms with van der Waals surface area (Å²) in [5.74, 6) is -0.972. The molecule has 1 atom stereocenters. The number of amides is 1. The molecule has 1 aliphatic rings. The van der Waals surface area contributed by atoms with Crippen LogP contribution in [-0.4, -0.2) is 26.8 Å². The van der Waals surface area contributed by atoms with E-state index in [0.29, 0.717) is 29.6 Å². The number of hydrogen-bond acceptors (Lipinski definition) is 2. The number of imidazole rings is 1. The molecule has 2 heterocycles. The van der Waals surface area contributed by atoms with E-state index in [2.05, 4.69) is 4.98 Å². The molecule has 1 N–H and O–H groups in total. The third-order valence-corrected chi connectivity index (χ3v) is 5.16. The smallest absolute Gasteiger partial charge is 0.449 e. The fourth-order valence-corrected chi connectivity index (χ4v) is 3.86. The van der Waals surface area contributed by atoms with Gasteiger partial charge in [0.05, 0.1) is 16.7 Å². The maximum atomic E-state index is 13.7. The average Bonchev–Trinajstić information content (AvgIpc) is 3.01. The van der Waals surface area contributed by atoms with E-state index in [0.717, 1.165) is 10.1 Å². The van der Waals surface area contributed by atoms with Crippen molar-refractivity contribution < 1.29 is 23.1 Å². The number of hydrogen-bond donors (Lipinski definition) is 1. The summed E-state index contributed by atoms with van der Waals surface area (Å²) in [6, 6.07) is 11.8. The van der Waals surface area contributed by atoms with Crippen molar-refractivity contribution in [3.8, 4) is 0 Å². The normalized spacial score (nSPS) is 17.0. The Morgan fingerprint density at radius 3 is 2.57 bits per heavy atom. The Morgan fingerprint density at radius 1 is 1.21 bits per heavy atom. The lowest BCUT2D eigenvalue weighted by atomic mass is 9.96. The van der Waals surface area contributed by atoms with E-state index in [4.69, 9.17) is 0 Å². The molecule has 28 heavy (non-hydrogen) atoms. The lowest BCUT2D eigenvalue weighted by molar-refractivity contribution is -0.146. The molecule has 4 rings (SSSR count). The van der Waals surface area contributed by atoms with E-state index in [9.17, 15) is 23.1 Å². The number of fused-ring (bicyclic) bond motifs is 3. The Kier molecular flexibility index (Phi) is 4.28. The fourth-order valence-electron chi connectivity index (χ4n) is 3.86. The van der Waals surface area contributed by atoms with Gasteiger partial charge in [0, 0.05) is 18.2 Å². The summed E-state index contributed by atoms with van der Waals surface area (Å²) in [6.07, 6.45) is -4.72. The number of alkyl halides is 3. The van der Waals surface area contributed by atoms with Crippen LogP contribution in [0.5, 0.6) is 0 Å². The van der Waals surface area contributed by atoms with E-state index in [1.54, 1.807) is 43.3 Å². The summed E-state index contributed by atoms with van der Waals surface area (Å²) in [7, 11) is 0. The molecule has 3 aromatic rings. The first-order chi connectivity index (χ1) is 13.3. The zero-order valence-electron chi connectivity index (χ0n) is 15.1. The molecular weight excluding hydrogens is 371 g/mol. The third kappa shape index (κ3) is 2.98. The minimum Gasteiger partial charge on any atom is -0.465 e. The van der Waals surface area contributed by atoms with Crippen molar-refractivity contribution >= 4 is 22.8 Å². The predicted molar refractivity (Wildman–Crippen MR) is 98.6 cm³/mol. The van der Waals surface area contributed by atoms with E-state index >= 15 is 0 Å². The van der Waals surface area contributed by atoms with Gasteiger partial charge in [-0.3, -0.25) is 4.90 Å². The van der Waals surface area contributed by atoms with Crippen LogP contribution in [0.4, 0.5) is 23.7 Å². The van der Waals surface area contributed by atoms with Gasteiger partial charge in [-0.25, -0.2) is 9.78 Å². The molecule has 0 saturated heterocycles. The molecule has 1 aromatic heterocycles. The number of aryl methyl sites for hydroxylation is 1. The highest BCUT2D eigenvalue weighted by molar-refractivity contribution is 5.94. The molecule has 0 bridgehead atoms. The van der Waals surface area contributed by atoms with Crippen LogP contribution in [0.25, 0.3) is 11.0 Å². The Hall–Kier alpha value is -3.03. The van der Waals surface area contributed by atoms with Crippen molar-refractivity contribution in [2.75, 3.05) is 4.90 Å². The van der Waals surface area contributed by atoms with Crippen LogP contribution in [0, 0.1) is 0 Å². The van der Waals surface area contributed by atoms with Gasteiger partial charge < -0.3 is 9.67 Å². The molecule has 1 aliphatic heterocycles. The Labute approximate surface area is 159 Å². The van der Waals surface area contributed by atoms with Gasteiger partial charge in [-0.1, -0.05) is 30.3 Å². The lowest BCUT2D eigenvalue weighted by Crippen LogP contribution is -2.41. The minimum atomic E-state index is -4.62. The van der Waals surface area contributed by atoms with E-state index in [1.807, 2.05) is 0 Å². The minimum absolute atomic E-state index is 0.0318. The van der Waals surface area contributed by atoms with Crippen molar-refractivity contribution in [1.29, 1.82) is 0 Å². The van der Waals surface area contributed by atoms with Crippen LogP contribution in [0.2, 0.25) is 0 Å². The zero-order chi connectivity index (χ0) is 20.1. The maximum absolute atomic E-state index is 13.7. The fraction of sp³-hybridized carbons (Fsp3) is 0.300. The van der Waals surface area contributed by atoms with Gasteiger partial charge in [-0.05, 0) is 37.5 Å². The number of rotatable bonds is 2. The number of carboxylic acid groups (broad SMARTS) is 1. The highest BCUT2D eigenvalue weighted by Gasteiger charge is 2.39. The number of aromatic nitrogens is 2. The third-order valence-electron chi connectivity index (χ3n) is 5.16. The van der Waals surface area contributed by atoms with Crippen LogP contribution in [-0.2, 0) is 19.1 Å². The van der Waals surface area contributed by atoms with Crippen molar-refractivity contribution in [1.82, 2.24) is 9.55 Å². The highest BCUT2D eigenvalue weighted by Crippen LogP contribution is 2.39. The molecule has 5 nitrogen and oxygen atoms in total. The average molecular weight is 389 g/mol. The maximum Gasteiger partial charge on any atom is 0.449 e. The van der Waals surface area contributed by atoms with Crippen LogP contribution in [0.3, 0.4) is 0 Å². The molecule has 0 saturated carbocycles. The Balaban J connectivity index is 1.93. The van der Waals surface area contributed by atoms with Gasteiger partial charge in [0.15, 0.2) is 0 Å². The standard InChI is InChI=1S/C20H18F3N3O2/c1-12-7-8-14-15(26(12)19(27)28)9-10-16-17(14)24-18(20(21,22)23)25(16)11-13-5-3-2-4-6-13/h2-6,9-10,12H,7-8,11H2,1H3,(H,27,28). The molecule has 8 heteroatoms. The summed E-state index contributed by atoms with van der Waals surface area (Å²) < 4.78 is 42.3. The highest BCUT2D eigenvalue weighted by atomic mass is 19.4. The van der Waals surface area contributed by atoms with Crippen molar-refractivity contribution in [2.45, 2.75) is 38.5 Å². The van der Waals surface area contributed by atoms with Gasteiger partial charge in [0.25, 0.3) is 0 Å². The molecule has 0 aliphatic carbocycles. The number of nitrogens with zero attached hydrogens (tertiary/aromatic N) is 3. The van der Waals surface area contributed by atoms with Crippen molar-refractivity contribution in [3.05, 3.63) is 59.4 Å².